The van der Waals surface area contributed by atoms with Crippen molar-refractivity contribution in [3.05, 3.63) is 68.5 Å². The number of benzene rings is 1. The SMILES string of the molecule is CC(=O)OC[C@H]1O[C@@H](n2cc(C#N)c(=O)[nH]c2=O)[C@H](OC(C)=O)[C@H]1OS(=O)(=O)Cc1ccccc1. The smallest absolute Gasteiger partial charge is 0.330 e. The Labute approximate surface area is 198 Å². The van der Waals surface area contributed by atoms with Crippen LogP contribution in [0.25, 0.3) is 0 Å². The van der Waals surface area contributed by atoms with E-state index < -0.39 is 75.8 Å². The van der Waals surface area contributed by atoms with Crippen molar-refractivity contribution in [2.24, 2.45) is 0 Å². The molecule has 1 saturated heterocycles. The first kappa shape index (κ1) is 25.8. The molecule has 2 heterocycles. The van der Waals surface area contributed by atoms with Gasteiger partial charge in [-0.1, -0.05) is 30.3 Å². The molecule has 1 aliphatic rings. The third-order valence-corrected chi connectivity index (χ3v) is 6.05. The molecular formula is C21H21N3O10S. The first-order valence-corrected chi connectivity index (χ1v) is 11.7. The first-order chi connectivity index (χ1) is 16.5. The van der Waals surface area contributed by atoms with Gasteiger partial charge in [0.15, 0.2) is 12.3 Å². The summed E-state index contributed by atoms with van der Waals surface area (Å²) in [5.74, 6) is -2.09. The Morgan fingerprint density at radius 3 is 2.43 bits per heavy atom. The van der Waals surface area contributed by atoms with Crippen LogP contribution in [0, 0.1) is 11.3 Å². The number of hydrogen-bond acceptors (Lipinski definition) is 11. The minimum Gasteiger partial charge on any atom is -0.463 e. The van der Waals surface area contributed by atoms with E-state index >= 15 is 0 Å². The van der Waals surface area contributed by atoms with Gasteiger partial charge in [-0.3, -0.25) is 28.1 Å². The zero-order valence-electron chi connectivity index (χ0n) is 18.6. The summed E-state index contributed by atoms with van der Waals surface area (Å²) in [7, 11) is -4.30. The molecule has 1 aromatic carbocycles. The molecule has 0 saturated carbocycles. The fraction of sp³-hybridized carbons (Fsp3) is 0.381. The second-order valence-corrected chi connectivity index (χ2v) is 9.11. The van der Waals surface area contributed by atoms with Crippen LogP contribution in [0.3, 0.4) is 0 Å². The monoisotopic (exact) mass is 507 g/mol. The van der Waals surface area contributed by atoms with Crippen LogP contribution in [0.1, 0.15) is 31.2 Å². The van der Waals surface area contributed by atoms with E-state index in [1.807, 2.05) is 4.98 Å². The van der Waals surface area contributed by atoms with Gasteiger partial charge in [-0.05, 0) is 5.56 Å². The Balaban J connectivity index is 2.03. The molecule has 13 nitrogen and oxygen atoms in total. The lowest BCUT2D eigenvalue weighted by atomic mass is 10.1. The number of ether oxygens (including phenoxy) is 3. The molecule has 0 aliphatic carbocycles. The summed E-state index contributed by atoms with van der Waals surface area (Å²) in [5, 5.41) is 9.16. The van der Waals surface area contributed by atoms with E-state index in [1.54, 1.807) is 36.4 Å². The summed E-state index contributed by atoms with van der Waals surface area (Å²) >= 11 is 0. The van der Waals surface area contributed by atoms with E-state index in [1.165, 1.54) is 0 Å². The summed E-state index contributed by atoms with van der Waals surface area (Å²) < 4.78 is 47.7. The van der Waals surface area contributed by atoms with Crippen LogP contribution in [0.5, 0.6) is 0 Å². The molecule has 0 bridgehead atoms. The molecule has 0 radical (unpaired) electrons. The third-order valence-electron chi connectivity index (χ3n) is 4.84. The first-order valence-electron chi connectivity index (χ1n) is 10.2. The Bertz CT molecular complexity index is 1360. The van der Waals surface area contributed by atoms with Gasteiger partial charge in [-0.25, -0.2) is 4.79 Å². The van der Waals surface area contributed by atoms with Crippen LogP contribution < -0.4 is 11.2 Å². The Hall–Kier alpha value is -3.80. The van der Waals surface area contributed by atoms with Gasteiger partial charge in [0.05, 0.1) is 0 Å². The van der Waals surface area contributed by atoms with Gasteiger partial charge in [0.1, 0.15) is 36.2 Å². The fourth-order valence-corrected chi connectivity index (χ4v) is 4.68. The van der Waals surface area contributed by atoms with Crippen LogP contribution in [0.15, 0.2) is 46.1 Å². The highest BCUT2D eigenvalue weighted by atomic mass is 32.2. The van der Waals surface area contributed by atoms with Crippen LogP contribution >= 0.6 is 0 Å². The predicted octanol–water partition coefficient (Wildman–Crippen LogP) is -0.284. The van der Waals surface area contributed by atoms with Gasteiger partial charge >= 0.3 is 17.6 Å². The van der Waals surface area contributed by atoms with Gasteiger partial charge < -0.3 is 14.2 Å². The van der Waals surface area contributed by atoms with E-state index in [-0.39, 0.29) is 0 Å². The van der Waals surface area contributed by atoms with Gasteiger partial charge in [0.2, 0.25) is 0 Å². The zero-order valence-corrected chi connectivity index (χ0v) is 19.4. The van der Waals surface area contributed by atoms with Gasteiger partial charge in [0, 0.05) is 20.0 Å². The number of aromatic nitrogens is 2. The molecule has 0 amide bonds. The zero-order chi connectivity index (χ0) is 25.8. The summed E-state index contributed by atoms with van der Waals surface area (Å²) in [5.41, 5.74) is -2.01. The van der Waals surface area contributed by atoms with Gasteiger partial charge in [0.25, 0.3) is 15.7 Å². The minimum absolute atomic E-state index is 0.416. The highest BCUT2D eigenvalue weighted by Gasteiger charge is 2.51. The maximum absolute atomic E-state index is 12.8. The van der Waals surface area contributed by atoms with Crippen LogP contribution in [0.2, 0.25) is 0 Å². The van der Waals surface area contributed by atoms with Crippen molar-refractivity contribution >= 4 is 22.1 Å². The van der Waals surface area contributed by atoms with Crippen molar-refractivity contribution in [1.82, 2.24) is 9.55 Å². The number of esters is 2. The summed E-state index contributed by atoms with van der Waals surface area (Å²) in [4.78, 5) is 49.4. The van der Waals surface area contributed by atoms with Crippen molar-refractivity contribution in [3.8, 4) is 6.07 Å². The van der Waals surface area contributed by atoms with E-state index in [9.17, 15) is 27.6 Å². The van der Waals surface area contributed by atoms with E-state index in [0.717, 1.165) is 24.6 Å². The molecule has 4 atom stereocenters. The van der Waals surface area contributed by atoms with Crippen molar-refractivity contribution in [1.29, 1.82) is 5.26 Å². The number of carbonyl (C=O) groups is 2. The number of rotatable bonds is 8. The number of carbonyl (C=O) groups excluding carboxylic acids is 2. The van der Waals surface area contributed by atoms with E-state index in [4.69, 9.17) is 23.7 Å². The predicted molar refractivity (Wildman–Crippen MR) is 116 cm³/mol. The Morgan fingerprint density at radius 1 is 1.14 bits per heavy atom. The van der Waals surface area contributed by atoms with Crippen LogP contribution in [-0.2, 0) is 43.9 Å². The van der Waals surface area contributed by atoms with E-state index in [0.29, 0.717) is 5.56 Å². The number of aromatic amines is 1. The number of nitrogens with one attached hydrogen (secondary N) is 1. The van der Waals surface area contributed by atoms with Crippen molar-refractivity contribution in [2.45, 2.75) is 44.1 Å². The van der Waals surface area contributed by atoms with Gasteiger partial charge in [-0.2, -0.15) is 13.7 Å². The molecule has 186 valence electrons. The topological polar surface area (TPSA) is 184 Å². The third kappa shape index (κ3) is 6.41. The largest absolute Gasteiger partial charge is 0.463 e. The highest BCUT2D eigenvalue weighted by molar-refractivity contribution is 7.85. The van der Waals surface area contributed by atoms with E-state index in [2.05, 4.69) is 0 Å². The molecule has 14 heteroatoms. The molecule has 1 aliphatic heterocycles. The van der Waals surface area contributed by atoms with Crippen LogP contribution in [-0.4, -0.2) is 54.8 Å². The molecule has 3 rings (SSSR count). The van der Waals surface area contributed by atoms with Crippen LogP contribution in [0.4, 0.5) is 0 Å². The quantitative estimate of drug-likeness (QED) is 0.366. The van der Waals surface area contributed by atoms with Crippen molar-refractivity contribution in [2.75, 3.05) is 6.61 Å². The standard InChI is InChI=1S/C21H21N3O10S/c1-12(25)31-10-16-17(34-35(29,30)11-14-6-4-3-5-7-14)18(32-13(2)26)20(33-16)24-9-15(8-22)19(27)23-21(24)28/h3-7,9,16-18,20H,10-11H2,1-2H3,(H,23,27,28)/t16-,17+,18-,20-/m1/s1. The fourth-order valence-electron chi connectivity index (χ4n) is 3.43. The number of nitrogens with zero attached hydrogens (tertiary/aromatic N) is 2. The van der Waals surface area contributed by atoms with Crippen molar-refractivity contribution < 1.29 is 36.4 Å². The lowest BCUT2D eigenvalue weighted by Gasteiger charge is -2.24. The average Bonchev–Trinajstić information content (AvgIpc) is 3.08. The molecule has 1 fully saturated rings. The highest BCUT2D eigenvalue weighted by Crippen LogP contribution is 2.34. The minimum atomic E-state index is -4.30. The molecule has 1 aromatic heterocycles. The summed E-state index contributed by atoms with van der Waals surface area (Å²) in [6, 6.07) is 9.72. The van der Waals surface area contributed by atoms with Gasteiger partial charge in [-0.15, -0.1) is 0 Å². The maximum Gasteiger partial charge on any atom is 0.330 e. The van der Waals surface area contributed by atoms with Crippen molar-refractivity contribution in [3.63, 3.8) is 0 Å². The summed E-state index contributed by atoms with van der Waals surface area (Å²) in [6.07, 6.45) is -5.02. The molecule has 0 spiro atoms. The summed E-state index contributed by atoms with van der Waals surface area (Å²) in [6.45, 7) is 1.66. The molecule has 1 N–H and O–H groups in total. The molecule has 0 unspecified atom stereocenters. The normalized spacial score (nSPS) is 21.7. The molecule has 35 heavy (non-hydrogen) atoms. The maximum atomic E-state index is 12.8. The second kappa shape index (κ2) is 10.6. The molecule has 2 aromatic rings. The second-order valence-electron chi connectivity index (χ2n) is 7.51. The Morgan fingerprint density at radius 2 is 1.83 bits per heavy atom. The lowest BCUT2D eigenvalue weighted by molar-refractivity contribution is -0.155. The molecular weight excluding hydrogens is 486 g/mol. The number of nitriles is 1. The average molecular weight is 507 g/mol. The number of H-pyrrole nitrogens is 1. The number of hydrogen-bond donors (Lipinski definition) is 1. The lowest BCUT2D eigenvalue weighted by Crippen LogP contribution is -2.43. The Kier molecular flexibility index (Phi) is 7.85.